The van der Waals surface area contributed by atoms with E-state index in [1.54, 1.807) is 12.1 Å². The Morgan fingerprint density at radius 3 is 1.83 bits per heavy atom. The van der Waals surface area contributed by atoms with Crippen LogP contribution >= 0.6 is 0 Å². The Morgan fingerprint density at radius 2 is 1.33 bits per heavy atom. The second-order valence-corrected chi connectivity index (χ2v) is 9.22. The van der Waals surface area contributed by atoms with E-state index >= 15 is 0 Å². The largest absolute Gasteiger partial charge is 0.499 e. The Labute approximate surface area is 176 Å². The predicted octanol–water partition coefficient (Wildman–Crippen LogP) is 8.49. The fourth-order valence-corrected chi connectivity index (χ4v) is 5.38. The van der Waals surface area contributed by atoms with Gasteiger partial charge in [0.15, 0.2) is 0 Å². The molecular formula is C24H33F5O. The van der Waals surface area contributed by atoms with Gasteiger partial charge in [0, 0.05) is 0 Å². The van der Waals surface area contributed by atoms with Crippen LogP contribution in [0.15, 0.2) is 24.3 Å². The van der Waals surface area contributed by atoms with Gasteiger partial charge < -0.3 is 4.74 Å². The first-order valence-corrected chi connectivity index (χ1v) is 11.4. The second-order valence-electron chi connectivity index (χ2n) is 9.22. The van der Waals surface area contributed by atoms with Crippen LogP contribution in [0.5, 0.6) is 5.75 Å². The molecule has 0 aliphatic heterocycles. The van der Waals surface area contributed by atoms with E-state index in [1.807, 2.05) is 0 Å². The number of rotatable bonds is 7. The number of benzene rings is 1. The van der Waals surface area contributed by atoms with Gasteiger partial charge in [-0.05, 0) is 79.9 Å². The first-order chi connectivity index (χ1) is 14.2. The minimum Gasteiger partial charge on any atom is -0.426 e. The van der Waals surface area contributed by atoms with Crippen LogP contribution in [0.2, 0.25) is 0 Å². The molecule has 0 amide bonds. The number of hydrogen-bond donors (Lipinski definition) is 0. The SMILES string of the molecule is CCCCC1CCC(C2CCC(c3ccc(OC(F)(F)C(F)(F)F)cc3)CC2)CC1. The van der Waals surface area contributed by atoms with Crippen LogP contribution in [-0.4, -0.2) is 12.3 Å². The van der Waals surface area contributed by atoms with Gasteiger partial charge >= 0.3 is 12.3 Å². The summed E-state index contributed by atoms with van der Waals surface area (Å²) in [7, 11) is 0. The normalized spacial score (nSPS) is 28.3. The highest BCUT2D eigenvalue weighted by molar-refractivity contribution is 5.30. The number of unbranched alkanes of at least 4 members (excludes halogenated alkanes) is 1. The van der Waals surface area contributed by atoms with E-state index in [0.29, 0.717) is 5.92 Å². The van der Waals surface area contributed by atoms with E-state index in [2.05, 4.69) is 11.7 Å². The zero-order chi connectivity index (χ0) is 21.8. The van der Waals surface area contributed by atoms with Gasteiger partial charge in [0.1, 0.15) is 5.75 Å². The first-order valence-electron chi connectivity index (χ1n) is 11.4. The van der Waals surface area contributed by atoms with Crippen LogP contribution in [0.1, 0.15) is 89.0 Å². The van der Waals surface area contributed by atoms with Crippen LogP contribution < -0.4 is 4.74 Å². The molecule has 0 spiro atoms. The lowest BCUT2D eigenvalue weighted by Gasteiger charge is -2.38. The summed E-state index contributed by atoms with van der Waals surface area (Å²) in [6, 6.07) is 5.70. The summed E-state index contributed by atoms with van der Waals surface area (Å²) in [6.45, 7) is 2.25. The van der Waals surface area contributed by atoms with Crippen molar-refractivity contribution in [3.8, 4) is 5.75 Å². The van der Waals surface area contributed by atoms with E-state index in [4.69, 9.17) is 0 Å². The molecule has 0 aromatic heterocycles. The molecule has 3 rings (SSSR count). The monoisotopic (exact) mass is 432 g/mol. The number of hydrogen-bond acceptors (Lipinski definition) is 1. The average molecular weight is 433 g/mol. The summed E-state index contributed by atoms with van der Waals surface area (Å²) in [5.74, 6) is 2.42. The maximum absolute atomic E-state index is 13.0. The van der Waals surface area contributed by atoms with Gasteiger partial charge in [0.25, 0.3) is 0 Å². The van der Waals surface area contributed by atoms with Crippen molar-refractivity contribution in [2.24, 2.45) is 17.8 Å². The van der Waals surface area contributed by atoms with Gasteiger partial charge in [-0.15, -0.1) is 0 Å². The van der Waals surface area contributed by atoms with Crippen molar-refractivity contribution in [1.82, 2.24) is 0 Å². The van der Waals surface area contributed by atoms with E-state index < -0.39 is 18.0 Å². The summed E-state index contributed by atoms with van der Waals surface area (Å²) >= 11 is 0. The molecule has 1 nitrogen and oxygen atoms in total. The Bertz CT molecular complexity index is 639. The van der Waals surface area contributed by atoms with E-state index in [9.17, 15) is 22.0 Å². The van der Waals surface area contributed by atoms with E-state index in [0.717, 1.165) is 36.2 Å². The van der Waals surface area contributed by atoms with Gasteiger partial charge in [0.05, 0.1) is 0 Å². The van der Waals surface area contributed by atoms with E-state index in [1.165, 1.54) is 69.9 Å². The molecule has 170 valence electrons. The lowest BCUT2D eigenvalue weighted by atomic mass is 9.68. The number of alkyl halides is 5. The smallest absolute Gasteiger partial charge is 0.426 e. The van der Waals surface area contributed by atoms with Crippen molar-refractivity contribution in [2.45, 2.75) is 95.8 Å². The Kier molecular flexibility index (Phi) is 7.67. The van der Waals surface area contributed by atoms with Gasteiger partial charge in [-0.1, -0.05) is 51.2 Å². The number of ether oxygens (including phenoxy) is 1. The summed E-state index contributed by atoms with van der Waals surface area (Å²) in [5.41, 5.74) is 0.999. The molecule has 1 aromatic rings. The molecule has 0 bridgehead atoms. The van der Waals surface area contributed by atoms with Crippen molar-refractivity contribution in [3.05, 3.63) is 29.8 Å². The molecule has 0 radical (unpaired) electrons. The second kappa shape index (κ2) is 9.86. The summed E-state index contributed by atoms with van der Waals surface area (Å²) < 4.78 is 66.8. The van der Waals surface area contributed by atoms with E-state index in [-0.39, 0.29) is 0 Å². The quantitative estimate of drug-likeness (QED) is 0.393. The number of halogens is 5. The molecule has 2 aliphatic rings. The van der Waals surface area contributed by atoms with Crippen LogP contribution in [0, 0.1) is 17.8 Å². The van der Waals surface area contributed by atoms with Gasteiger partial charge in [-0.3, -0.25) is 0 Å². The molecule has 0 N–H and O–H groups in total. The van der Waals surface area contributed by atoms with Gasteiger partial charge in [-0.2, -0.15) is 22.0 Å². The molecule has 1 aromatic carbocycles. The van der Waals surface area contributed by atoms with Crippen molar-refractivity contribution >= 4 is 0 Å². The molecule has 0 unspecified atom stereocenters. The first kappa shape index (κ1) is 23.3. The molecule has 2 fully saturated rings. The maximum atomic E-state index is 13.0. The van der Waals surface area contributed by atoms with Gasteiger partial charge in [-0.25, -0.2) is 0 Å². The average Bonchev–Trinajstić information content (AvgIpc) is 2.72. The topological polar surface area (TPSA) is 9.23 Å². The third-order valence-electron chi connectivity index (χ3n) is 7.22. The Balaban J connectivity index is 1.46. The maximum Gasteiger partial charge on any atom is 0.499 e. The molecule has 0 atom stereocenters. The lowest BCUT2D eigenvalue weighted by molar-refractivity contribution is -0.360. The third kappa shape index (κ3) is 5.88. The van der Waals surface area contributed by atoms with Crippen molar-refractivity contribution in [1.29, 1.82) is 0 Å². The fraction of sp³-hybridized carbons (Fsp3) is 0.750. The molecular weight excluding hydrogens is 399 g/mol. The Morgan fingerprint density at radius 1 is 0.800 bits per heavy atom. The molecule has 30 heavy (non-hydrogen) atoms. The molecule has 6 heteroatoms. The standard InChI is InChI=1S/C24H33F5O/c1-2-3-4-17-5-7-18(8-6-17)19-9-11-20(12-10-19)21-13-15-22(16-14-21)30-24(28,29)23(25,26)27/h13-20H,2-12H2,1H3. The van der Waals surface area contributed by atoms with Gasteiger partial charge in [0.2, 0.25) is 0 Å². The molecule has 0 heterocycles. The highest BCUT2D eigenvalue weighted by Gasteiger charge is 2.61. The highest BCUT2D eigenvalue weighted by Crippen LogP contribution is 2.45. The molecule has 2 aliphatic carbocycles. The van der Waals surface area contributed by atoms with Crippen molar-refractivity contribution < 1.29 is 26.7 Å². The minimum atomic E-state index is -5.72. The molecule has 2 saturated carbocycles. The lowest BCUT2D eigenvalue weighted by Crippen LogP contribution is -2.41. The zero-order valence-corrected chi connectivity index (χ0v) is 17.7. The zero-order valence-electron chi connectivity index (χ0n) is 17.7. The third-order valence-corrected chi connectivity index (χ3v) is 7.22. The minimum absolute atomic E-state index is 0.347. The van der Waals surface area contributed by atoms with Crippen LogP contribution in [0.4, 0.5) is 22.0 Å². The van der Waals surface area contributed by atoms with Crippen LogP contribution in [0.25, 0.3) is 0 Å². The van der Waals surface area contributed by atoms with Crippen LogP contribution in [-0.2, 0) is 0 Å². The predicted molar refractivity (Wildman–Crippen MR) is 108 cm³/mol. The highest BCUT2D eigenvalue weighted by atomic mass is 19.4. The van der Waals surface area contributed by atoms with Crippen molar-refractivity contribution in [3.63, 3.8) is 0 Å². The Hall–Kier alpha value is -1.33. The summed E-state index contributed by atoms with van der Waals surface area (Å²) in [5, 5.41) is 0. The molecule has 0 saturated heterocycles. The summed E-state index contributed by atoms with van der Waals surface area (Å²) in [4.78, 5) is 0. The van der Waals surface area contributed by atoms with Crippen LogP contribution in [0.3, 0.4) is 0 Å². The van der Waals surface area contributed by atoms with Crippen molar-refractivity contribution in [2.75, 3.05) is 0 Å². The summed E-state index contributed by atoms with van der Waals surface area (Å²) in [6.07, 6.45) is 3.01. The fourth-order valence-electron chi connectivity index (χ4n) is 5.38.